The van der Waals surface area contributed by atoms with Crippen LogP contribution in [-0.4, -0.2) is 11.7 Å². The van der Waals surface area contributed by atoms with Gasteiger partial charge in [-0.1, -0.05) is 25.1 Å². The summed E-state index contributed by atoms with van der Waals surface area (Å²) in [6, 6.07) is 13.2. The van der Waals surface area contributed by atoms with Crippen molar-refractivity contribution in [2.75, 3.05) is 7.11 Å². The van der Waals surface area contributed by atoms with Crippen molar-refractivity contribution >= 4 is 21.8 Å². The highest BCUT2D eigenvalue weighted by molar-refractivity contribution is 5.96. The molecular formula is C20H21NO3. The predicted octanol–water partition coefficient (Wildman–Crippen LogP) is 4.36. The molecule has 4 heteroatoms. The molecule has 0 N–H and O–H groups in total. The van der Waals surface area contributed by atoms with Gasteiger partial charge in [-0.3, -0.25) is 4.79 Å². The lowest BCUT2D eigenvalue weighted by Crippen LogP contribution is -2.10. The number of fused-ring (bicyclic) bond motifs is 2. The summed E-state index contributed by atoms with van der Waals surface area (Å²) in [5.74, 6) is 2.14. The summed E-state index contributed by atoms with van der Waals surface area (Å²) in [6.45, 7) is 3.89. The van der Waals surface area contributed by atoms with Crippen molar-refractivity contribution in [3.8, 4) is 5.75 Å². The molecule has 4 nitrogen and oxygen atoms in total. The zero-order valence-electron chi connectivity index (χ0n) is 14.4. The third-order valence-electron chi connectivity index (χ3n) is 4.31. The SMILES string of the molecule is CC/C(OC)=C(\C)Oc1cccc2c(=O)c3ccccc3n(C)c12. The lowest BCUT2D eigenvalue weighted by molar-refractivity contribution is 0.250. The van der Waals surface area contributed by atoms with Gasteiger partial charge in [0.1, 0.15) is 11.5 Å². The Balaban J connectivity index is 2.32. The van der Waals surface area contributed by atoms with Gasteiger partial charge in [0, 0.05) is 18.9 Å². The number of nitrogens with zero attached hydrogens (tertiary/aromatic N) is 1. The molecule has 0 fully saturated rings. The van der Waals surface area contributed by atoms with Crippen LogP contribution in [0.15, 0.2) is 58.8 Å². The van der Waals surface area contributed by atoms with Crippen LogP contribution in [0.5, 0.6) is 5.75 Å². The fraction of sp³-hybridized carbons (Fsp3) is 0.250. The second kappa shape index (κ2) is 6.40. The van der Waals surface area contributed by atoms with Crippen LogP contribution in [0, 0.1) is 0 Å². The van der Waals surface area contributed by atoms with Gasteiger partial charge in [-0.25, -0.2) is 0 Å². The number of benzene rings is 2. The van der Waals surface area contributed by atoms with Crippen LogP contribution < -0.4 is 10.2 Å². The molecule has 0 radical (unpaired) electrons. The number of pyridine rings is 1. The van der Waals surface area contributed by atoms with Gasteiger partial charge in [0.25, 0.3) is 0 Å². The largest absolute Gasteiger partial charge is 0.498 e. The topological polar surface area (TPSA) is 40.5 Å². The summed E-state index contributed by atoms with van der Waals surface area (Å²) in [7, 11) is 3.59. The maximum absolute atomic E-state index is 12.8. The van der Waals surface area contributed by atoms with Crippen LogP contribution in [0.1, 0.15) is 20.3 Å². The third-order valence-corrected chi connectivity index (χ3v) is 4.31. The van der Waals surface area contributed by atoms with Crippen molar-refractivity contribution in [1.82, 2.24) is 4.57 Å². The first-order valence-corrected chi connectivity index (χ1v) is 8.00. The molecule has 0 spiro atoms. The van der Waals surface area contributed by atoms with E-state index >= 15 is 0 Å². The monoisotopic (exact) mass is 323 g/mol. The molecule has 0 saturated carbocycles. The fourth-order valence-electron chi connectivity index (χ4n) is 3.12. The van der Waals surface area contributed by atoms with E-state index in [2.05, 4.69) is 0 Å². The Kier molecular flexibility index (Phi) is 4.30. The van der Waals surface area contributed by atoms with Crippen LogP contribution in [0.3, 0.4) is 0 Å². The summed E-state index contributed by atoms with van der Waals surface area (Å²) < 4.78 is 13.4. The van der Waals surface area contributed by atoms with E-state index in [1.807, 2.05) is 67.9 Å². The average Bonchev–Trinajstić information content (AvgIpc) is 2.60. The number of aryl methyl sites for hydroxylation is 1. The molecule has 0 amide bonds. The highest BCUT2D eigenvalue weighted by Crippen LogP contribution is 2.28. The minimum absolute atomic E-state index is 0.0215. The number of allylic oxidation sites excluding steroid dienone is 2. The van der Waals surface area contributed by atoms with E-state index in [9.17, 15) is 4.79 Å². The van der Waals surface area contributed by atoms with Crippen LogP contribution in [-0.2, 0) is 11.8 Å². The number of hydrogen-bond donors (Lipinski definition) is 0. The molecule has 0 unspecified atom stereocenters. The summed E-state index contributed by atoms with van der Waals surface area (Å²) in [6.07, 6.45) is 0.745. The Hall–Kier alpha value is -2.75. The number of aromatic nitrogens is 1. The second-order valence-corrected chi connectivity index (χ2v) is 5.70. The van der Waals surface area contributed by atoms with Crippen LogP contribution in [0.25, 0.3) is 21.8 Å². The Labute approximate surface area is 140 Å². The molecule has 1 aromatic heterocycles. The molecule has 0 saturated heterocycles. The minimum atomic E-state index is 0.0215. The van der Waals surface area contributed by atoms with Crippen LogP contribution in [0.2, 0.25) is 0 Å². The van der Waals surface area contributed by atoms with Crippen molar-refractivity contribution in [3.63, 3.8) is 0 Å². The van der Waals surface area contributed by atoms with Crippen molar-refractivity contribution < 1.29 is 9.47 Å². The van der Waals surface area contributed by atoms with Gasteiger partial charge in [-0.05, 0) is 31.2 Å². The van der Waals surface area contributed by atoms with Gasteiger partial charge in [0.05, 0.1) is 23.5 Å². The average molecular weight is 323 g/mol. The molecule has 124 valence electrons. The first-order chi connectivity index (χ1) is 11.6. The van der Waals surface area contributed by atoms with Crippen molar-refractivity contribution in [1.29, 1.82) is 0 Å². The van der Waals surface area contributed by atoms with Gasteiger partial charge in [-0.2, -0.15) is 0 Å². The lowest BCUT2D eigenvalue weighted by Gasteiger charge is -2.16. The van der Waals surface area contributed by atoms with E-state index in [0.717, 1.165) is 23.2 Å². The Bertz CT molecular complexity index is 993. The quantitative estimate of drug-likeness (QED) is 0.529. The number of hydrogen-bond acceptors (Lipinski definition) is 3. The second-order valence-electron chi connectivity index (χ2n) is 5.70. The van der Waals surface area contributed by atoms with Gasteiger partial charge >= 0.3 is 0 Å². The Morgan fingerprint density at radius 1 is 1.08 bits per heavy atom. The van der Waals surface area contributed by atoms with Crippen molar-refractivity contribution in [3.05, 3.63) is 64.2 Å². The highest BCUT2D eigenvalue weighted by atomic mass is 16.5. The highest BCUT2D eigenvalue weighted by Gasteiger charge is 2.14. The molecule has 2 aromatic carbocycles. The first-order valence-electron chi connectivity index (χ1n) is 8.00. The molecule has 0 atom stereocenters. The number of methoxy groups -OCH3 is 1. The first kappa shape index (κ1) is 16.1. The minimum Gasteiger partial charge on any atom is -0.498 e. The fourth-order valence-corrected chi connectivity index (χ4v) is 3.12. The molecule has 3 rings (SSSR count). The van der Waals surface area contributed by atoms with E-state index in [-0.39, 0.29) is 5.43 Å². The molecule has 0 bridgehead atoms. The van der Waals surface area contributed by atoms with Crippen molar-refractivity contribution in [2.24, 2.45) is 7.05 Å². The van der Waals surface area contributed by atoms with E-state index in [0.29, 0.717) is 22.3 Å². The summed E-state index contributed by atoms with van der Waals surface area (Å²) >= 11 is 0. The van der Waals surface area contributed by atoms with E-state index in [1.54, 1.807) is 7.11 Å². The van der Waals surface area contributed by atoms with Gasteiger partial charge in [-0.15, -0.1) is 0 Å². The molecule has 3 aromatic rings. The molecule has 0 aliphatic heterocycles. The van der Waals surface area contributed by atoms with Crippen molar-refractivity contribution in [2.45, 2.75) is 20.3 Å². The van der Waals surface area contributed by atoms with Gasteiger partial charge in [0.15, 0.2) is 11.2 Å². The van der Waals surface area contributed by atoms with Gasteiger partial charge < -0.3 is 14.0 Å². The zero-order valence-corrected chi connectivity index (χ0v) is 14.4. The molecule has 24 heavy (non-hydrogen) atoms. The maximum atomic E-state index is 12.8. The summed E-state index contributed by atoms with van der Waals surface area (Å²) in [5.41, 5.74) is 1.69. The van der Waals surface area contributed by atoms with E-state index in [1.165, 1.54) is 0 Å². The zero-order chi connectivity index (χ0) is 17.3. The summed E-state index contributed by atoms with van der Waals surface area (Å²) in [4.78, 5) is 12.8. The standard InChI is InChI=1S/C20H21NO3/c1-5-17(23-4)13(2)24-18-12-8-10-15-19(18)21(3)16-11-7-6-9-14(16)20(15)22/h6-12H,5H2,1-4H3/b17-13-. The smallest absolute Gasteiger partial charge is 0.197 e. The maximum Gasteiger partial charge on any atom is 0.197 e. The third kappa shape index (κ3) is 2.54. The van der Waals surface area contributed by atoms with Crippen LogP contribution >= 0.6 is 0 Å². The molecule has 0 aliphatic carbocycles. The number of ether oxygens (including phenoxy) is 2. The lowest BCUT2D eigenvalue weighted by atomic mass is 10.1. The van der Waals surface area contributed by atoms with E-state index in [4.69, 9.17) is 9.47 Å². The van der Waals surface area contributed by atoms with E-state index < -0.39 is 0 Å². The predicted molar refractivity (Wildman–Crippen MR) is 97.3 cm³/mol. The number of rotatable bonds is 4. The number of para-hydroxylation sites is 2. The van der Waals surface area contributed by atoms with Gasteiger partial charge in [0.2, 0.25) is 0 Å². The molecular weight excluding hydrogens is 302 g/mol. The normalized spacial score (nSPS) is 12.3. The molecule has 1 heterocycles. The van der Waals surface area contributed by atoms with Crippen LogP contribution in [0.4, 0.5) is 0 Å². The Morgan fingerprint density at radius 3 is 2.50 bits per heavy atom. The Morgan fingerprint density at radius 2 is 1.79 bits per heavy atom. The summed E-state index contributed by atoms with van der Waals surface area (Å²) in [5, 5.41) is 1.36. The molecule has 0 aliphatic rings.